The molecule has 1 saturated carbocycles. The third-order valence-electron chi connectivity index (χ3n) is 8.30. The Morgan fingerprint density at radius 3 is 2.49 bits per heavy atom. The van der Waals surface area contributed by atoms with Gasteiger partial charge in [-0.25, -0.2) is 0 Å². The summed E-state index contributed by atoms with van der Waals surface area (Å²) in [6.07, 6.45) is 11.8. The van der Waals surface area contributed by atoms with Crippen LogP contribution >= 0.6 is 22.9 Å². The number of ketones is 1. The molecule has 8 nitrogen and oxygen atoms in total. The Morgan fingerprint density at radius 2 is 1.81 bits per heavy atom. The van der Waals surface area contributed by atoms with E-state index in [2.05, 4.69) is 44.5 Å². The van der Waals surface area contributed by atoms with Gasteiger partial charge in [0.05, 0.1) is 22.9 Å². The fraction of sp³-hybridized carbons (Fsp3) is 0.607. The second-order valence-corrected chi connectivity index (χ2v) is 11.8. The van der Waals surface area contributed by atoms with Crippen molar-refractivity contribution in [1.29, 1.82) is 0 Å². The van der Waals surface area contributed by atoms with Gasteiger partial charge < -0.3 is 14.8 Å². The van der Waals surface area contributed by atoms with E-state index in [0.717, 1.165) is 68.9 Å². The van der Waals surface area contributed by atoms with Crippen LogP contribution in [-0.4, -0.2) is 59.5 Å². The average Bonchev–Trinajstić information content (AvgIpc) is 3.49. The molecule has 5 aliphatic rings. The van der Waals surface area contributed by atoms with E-state index in [1.165, 1.54) is 18.4 Å². The molecule has 2 N–H and O–H groups in total. The van der Waals surface area contributed by atoms with Crippen LogP contribution in [0, 0.1) is 17.8 Å². The number of carbonyl (C=O) groups is 1. The molecule has 0 aromatic heterocycles. The number of piperidine rings is 1. The first-order valence-corrected chi connectivity index (χ1v) is 14.7. The fourth-order valence-electron chi connectivity index (χ4n) is 5.89. The zero-order valence-corrected chi connectivity index (χ0v) is 23.4. The number of hydroxylamine groups is 1. The normalized spacial score (nSPS) is 28.7. The van der Waals surface area contributed by atoms with Crippen LogP contribution in [0.1, 0.15) is 60.9 Å². The van der Waals surface area contributed by atoms with E-state index in [0.29, 0.717) is 30.9 Å². The number of hydrogen-bond acceptors (Lipinski definition) is 8. The van der Waals surface area contributed by atoms with E-state index in [1.54, 1.807) is 0 Å². The summed E-state index contributed by atoms with van der Waals surface area (Å²) < 4.78 is 13.1. The summed E-state index contributed by atoms with van der Waals surface area (Å²) in [4.78, 5) is 21.8. The number of ether oxygens (including phenoxy) is 2. The summed E-state index contributed by atoms with van der Waals surface area (Å²) in [5.74, 6) is 2.73. The molecule has 2 unspecified atom stereocenters. The van der Waals surface area contributed by atoms with Crippen LogP contribution in [0.4, 0.5) is 0 Å². The summed E-state index contributed by atoms with van der Waals surface area (Å²) >= 11 is 2.30. The lowest BCUT2D eigenvalue weighted by atomic mass is 9.90. The van der Waals surface area contributed by atoms with E-state index < -0.39 is 0 Å². The molecule has 1 aromatic rings. The van der Waals surface area contributed by atoms with Crippen molar-refractivity contribution in [3.05, 3.63) is 53.2 Å². The Kier molecular flexibility index (Phi) is 8.15. The molecule has 1 aliphatic carbocycles. The van der Waals surface area contributed by atoms with Crippen molar-refractivity contribution in [3.8, 4) is 0 Å². The second-order valence-electron chi connectivity index (χ2n) is 10.9. The van der Waals surface area contributed by atoms with Crippen molar-refractivity contribution in [2.45, 2.75) is 57.5 Å². The molecule has 2 atom stereocenters. The highest BCUT2D eigenvalue weighted by Gasteiger charge is 2.41. The molecule has 6 rings (SSSR count). The first-order valence-electron chi connectivity index (χ1n) is 13.7. The maximum Gasteiger partial charge on any atom is 0.188 e. The van der Waals surface area contributed by atoms with E-state index in [-0.39, 0.29) is 18.3 Å². The van der Waals surface area contributed by atoms with Crippen molar-refractivity contribution in [2.75, 3.05) is 33.0 Å². The van der Waals surface area contributed by atoms with Gasteiger partial charge in [0, 0.05) is 50.1 Å². The Balaban J connectivity index is 1.02. The Morgan fingerprint density at radius 1 is 1.05 bits per heavy atom. The van der Waals surface area contributed by atoms with Gasteiger partial charge in [0.2, 0.25) is 0 Å². The summed E-state index contributed by atoms with van der Waals surface area (Å²) in [5, 5.41) is 6.77. The largest absolute Gasteiger partial charge is 0.471 e. The molecule has 4 heterocycles. The van der Waals surface area contributed by atoms with Crippen LogP contribution in [0.2, 0.25) is 0 Å². The number of allylic oxidation sites excluding steroid dienone is 2. The van der Waals surface area contributed by atoms with Crippen LogP contribution < -0.4 is 10.6 Å². The summed E-state index contributed by atoms with van der Waals surface area (Å²) in [5.41, 5.74) is 3.13. The minimum Gasteiger partial charge on any atom is -0.471 e. The van der Waals surface area contributed by atoms with Gasteiger partial charge in [0.1, 0.15) is 11.9 Å². The van der Waals surface area contributed by atoms with Gasteiger partial charge >= 0.3 is 0 Å². The van der Waals surface area contributed by atoms with E-state index in [1.807, 2.05) is 33.7 Å². The zero-order valence-electron chi connectivity index (χ0n) is 21.2. The van der Waals surface area contributed by atoms with Crippen LogP contribution in [0.5, 0.6) is 0 Å². The monoisotopic (exact) mass is 620 g/mol. The molecule has 1 aromatic carbocycles. The predicted octanol–water partition coefficient (Wildman–Crippen LogP) is 4.41. The van der Waals surface area contributed by atoms with E-state index >= 15 is 0 Å². The smallest absolute Gasteiger partial charge is 0.188 e. The van der Waals surface area contributed by atoms with Crippen LogP contribution in [0.3, 0.4) is 0 Å². The first-order chi connectivity index (χ1) is 18.1. The topological polar surface area (TPSA) is 75.3 Å². The number of nitrogens with zero attached hydrogens (tertiary/aromatic N) is 2. The molecule has 0 spiro atoms. The minimum absolute atomic E-state index is 0.0525. The number of nitrogens with one attached hydrogen (secondary N) is 2. The number of hydrogen-bond donors (Lipinski definition) is 2. The second kappa shape index (κ2) is 11.7. The molecular weight excluding hydrogens is 583 g/mol. The standard InChI is InChI=1S/C28H37IN4O4/c29-33-27(23-9-13-35-14-10-23)31-28(37-33)32-11-7-19(8-12-32)15-24(20-1-2-20)16-25(34)21-3-5-22(6-4-21)26-17-30-18-36-26/h3-6,15,17,19-20,23,27-28,30-31H,1-2,7-14,16,18H2/b24-15-. The SMILES string of the molecule is O=C(C/C(=C/C1CCN(C2NC(C3CCOCC3)N(I)O2)CC1)C1CC1)c1ccc(C2=CNCO2)cc1. The highest BCUT2D eigenvalue weighted by molar-refractivity contribution is 14.1. The summed E-state index contributed by atoms with van der Waals surface area (Å²) in [6.45, 7) is 4.20. The van der Waals surface area contributed by atoms with Gasteiger partial charge in [-0.15, -0.1) is 3.28 Å². The third-order valence-corrected chi connectivity index (χ3v) is 9.13. The Hall–Kier alpha value is -1.50. The predicted molar refractivity (Wildman–Crippen MR) is 149 cm³/mol. The van der Waals surface area contributed by atoms with Crippen molar-refractivity contribution >= 4 is 34.4 Å². The molecule has 0 bridgehead atoms. The van der Waals surface area contributed by atoms with Gasteiger partial charge in [-0.3, -0.25) is 19.8 Å². The average molecular weight is 621 g/mol. The fourth-order valence-corrected chi connectivity index (χ4v) is 6.72. The van der Waals surface area contributed by atoms with Crippen LogP contribution in [0.15, 0.2) is 42.1 Å². The quantitative estimate of drug-likeness (QED) is 0.192. The van der Waals surface area contributed by atoms with Crippen LogP contribution in [0.25, 0.3) is 5.76 Å². The number of halogens is 1. The van der Waals surface area contributed by atoms with Crippen molar-refractivity contribution < 1.29 is 19.1 Å². The summed E-state index contributed by atoms with van der Waals surface area (Å²) in [6, 6.07) is 7.82. The van der Waals surface area contributed by atoms with Crippen LogP contribution in [-0.2, 0) is 14.3 Å². The lowest BCUT2D eigenvalue weighted by Crippen LogP contribution is -2.50. The zero-order chi connectivity index (χ0) is 25.2. The highest BCUT2D eigenvalue weighted by atomic mass is 127. The maximum atomic E-state index is 13.1. The maximum absolute atomic E-state index is 13.1. The first kappa shape index (κ1) is 25.8. The molecule has 3 saturated heterocycles. The number of Topliss-reactive ketones (excluding diaryl/α,β-unsaturated/α-hetero) is 1. The number of carbonyl (C=O) groups excluding carboxylic acids is 1. The molecule has 4 fully saturated rings. The molecule has 0 amide bonds. The number of rotatable bonds is 8. The van der Waals surface area contributed by atoms with Crippen molar-refractivity contribution in [2.24, 2.45) is 17.8 Å². The van der Waals surface area contributed by atoms with Gasteiger partial charge in [0.15, 0.2) is 18.9 Å². The lowest BCUT2D eigenvalue weighted by Gasteiger charge is -2.34. The van der Waals surface area contributed by atoms with Gasteiger partial charge in [-0.05, 0) is 56.3 Å². The van der Waals surface area contributed by atoms with E-state index in [9.17, 15) is 4.79 Å². The molecule has 4 aliphatic heterocycles. The lowest BCUT2D eigenvalue weighted by molar-refractivity contribution is -0.139. The molecule has 200 valence electrons. The number of benzene rings is 1. The van der Waals surface area contributed by atoms with E-state index in [4.69, 9.17) is 14.3 Å². The Bertz CT molecular complexity index is 1010. The van der Waals surface area contributed by atoms with Gasteiger partial charge in [0.25, 0.3) is 0 Å². The molecule has 37 heavy (non-hydrogen) atoms. The molecule has 0 radical (unpaired) electrons. The van der Waals surface area contributed by atoms with Crippen molar-refractivity contribution in [3.63, 3.8) is 0 Å². The van der Waals surface area contributed by atoms with Gasteiger partial charge in [-0.2, -0.15) is 0 Å². The number of likely N-dealkylation sites (tertiary alicyclic amines) is 1. The third kappa shape index (κ3) is 6.23. The van der Waals surface area contributed by atoms with Crippen molar-refractivity contribution in [1.82, 2.24) is 18.8 Å². The summed E-state index contributed by atoms with van der Waals surface area (Å²) in [7, 11) is 0. The highest BCUT2D eigenvalue weighted by Crippen LogP contribution is 2.40. The van der Waals surface area contributed by atoms with Gasteiger partial charge in [-0.1, -0.05) is 35.9 Å². The Labute approximate surface area is 233 Å². The molecular formula is C28H37IN4O4. The minimum atomic E-state index is -0.0525. The molecule has 9 heteroatoms.